The Morgan fingerprint density at radius 3 is 2.52 bits per heavy atom. The number of fused-ring (bicyclic) bond motifs is 1. The van der Waals surface area contributed by atoms with Gasteiger partial charge in [0.05, 0.1) is 17.5 Å². The number of rotatable bonds is 5. The maximum Gasteiger partial charge on any atom is 0.274 e. The van der Waals surface area contributed by atoms with Gasteiger partial charge in [0.15, 0.2) is 0 Å². The highest BCUT2D eigenvalue weighted by Gasteiger charge is 2.12. The van der Waals surface area contributed by atoms with E-state index in [2.05, 4.69) is 10.4 Å². The highest BCUT2D eigenvalue weighted by molar-refractivity contribution is 5.88. The number of aryl methyl sites for hydroxylation is 1. The normalized spacial score (nSPS) is 10.8. The summed E-state index contributed by atoms with van der Waals surface area (Å²) in [7, 11) is 1.57. The van der Waals surface area contributed by atoms with Crippen LogP contribution in [-0.2, 0) is 24.7 Å². The summed E-state index contributed by atoms with van der Waals surface area (Å²) in [5.74, 6) is -0.446. The molecular weight excluding hydrogens is 321 g/mol. The standard InChI is InChI=1S/C19H18FN3O2/c1-23-19(25)16-5-3-2-4-15(16)17(22-23)12-18(24)21-11-10-13-6-8-14(20)9-7-13/h2-9H,10-12H2,1H3,(H,21,24). The maximum atomic E-state index is 12.9. The molecule has 0 fully saturated rings. The van der Waals surface area contributed by atoms with Crippen molar-refractivity contribution in [3.8, 4) is 0 Å². The van der Waals surface area contributed by atoms with Crippen molar-refractivity contribution in [1.82, 2.24) is 15.1 Å². The van der Waals surface area contributed by atoms with E-state index in [-0.39, 0.29) is 23.7 Å². The molecule has 5 nitrogen and oxygen atoms in total. The number of hydrogen-bond acceptors (Lipinski definition) is 3. The Morgan fingerprint density at radius 1 is 1.12 bits per heavy atom. The molecule has 0 spiro atoms. The predicted molar refractivity (Wildman–Crippen MR) is 93.8 cm³/mol. The summed E-state index contributed by atoms with van der Waals surface area (Å²) < 4.78 is 14.1. The zero-order valence-corrected chi connectivity index (χ0v) is 13.8. The Kier molecular flexibility index (Phi) is 4.88. The molecule has 0 aliphatic heterocycles. The Hall–Kier alpha value is -3.02. The van der Waals surface area contributed by atoms with Crippen molar-refractivity contribution in [3.63, 3.8) is 0 Å². The Balaban J connectivity index is 1.67. The highest BCUT2D eigenvalue weighted by Crippen LogP contribution is 2.13. The quantitative estimate of drug-likeness (QED) is 0.773. The molecule has 2 aromatic carbocycles. The zero-order valence-electron chi connectivity index (χ0n) is 13.8. The third-order valence-electron chi connectivity index (χ3n) is 4.01. The number of aromatic nitrogens is 2. The van der Waals surface area contributed by atoms with E-state index in [0.717, 1.165) is 5.56 Å². The van der Waals surface area contributed by atoms with Gasteiger partial charge in [0, 0.05) is 19.0 Å². The predicted octanol–water partition coefficient (Wildman–Crippen LogP) is 1.97. The molecule has 1 N–H and O–H groups in total. The lowest BCUT2D eigenvalue weighted by Gasteiger charge is -2.09. The average molecular weight is 339 g/mol. The SMILES string of the molecule is Cn1nc(CC(=O)NCCc2ccc(F)cc2)c2ccccc2c1=O. The monoisotopic (exact) mass is 339 g/mol. The Morgan fingerprint density at radius 2 is 1.80 bits per heavy atom. The lowest BCUT2D eigenvalue weighted by atomic mass is 10.1. The Bertz CT molecular complexity index is 965. The van der Waals surface area contributed by atoms with Crippen LogP contribution in [0.15, 0.2) is 53.3 Å². The first-order valence-electron chi connectivity index (χ1n) is 8.00. The van der Waals surface area contributed by atoms with Gasteiger partial charge in [-0.05, 0) is 30.2 Å². The van der Waals surface area contributed by atoms with Crippen molar-refractivity contribution in [2.45, 2.75) is 12.8 Å². The van der Waals surface area contributed by atoms with Crippen LogP contribution in [-0.4, -0.2) is 22.2 Å². The summed E-state index contributed by atoms with van der Waals surface area (Å²) in [6, 6.07) is 13.3. The van der Waals surface area contributed by atoms with E-state index in [9.17, 15) is 14.0 Å². The molecule has 128 valence electrons. The summed E-state index contributed by atoms with van der Waals surface area (Å²) in [5, 5.41) is 8.30. The van der Waals surface area contributed by atoms with E-state index in [4.69, 9.17) is 0 Å². The van der Waals surface area contributed by atoms with Gasteiger partial charge < -0.3 is 5.32 Å². The van der Waals surface area contributed by atoms with Gasteiger partial charge in [-0.2, -0.15) is 5.10 Å². The van der Waals surface area contributed by atoms with Crippen LogP contribution in [0.4, 0.5) is 4.39 Å². The van der Waals surface area contributed by atoms with Crippen molar-refractivity contribution < 1.29 is 9.18 Å². The van der Waals surface area contributed by atoms with Crippen LogP contribution in [0.5, 0.6) is 0 Å². The van der Waals surface area contributed by atoms with E-state index < -0.39 is 0 Å². The fraction of sp³-hybridized carbons (Fsp3) is 0.211. The fourth-order valence-electron chi connectivity index (χ4n) is 2.72. The molecule has 1 aromatic heterocycles. The first kappa shape index (κ1) is 16.8. The molecule has 25 heavy (non-hydrogen) atoms. The van der Waals surface area contributed by atoms with Crippen molar-refractivity contribution in [1.29, 1.82) is 0 Å². The van der Waals surface area contributed by atoms with E-state index in [1.165, 1.54) is 16.8 Å². The van der Waals surface area contributed by atoms with Crippen LogP contribution in [0.2, 0.25) is 0 Å². The summed E-state index contributed by atoms with van der Waals surface area (Å²) in [6.45, 7) is 0.453. The molecule has 1 heterocycles. The summed E-state index contributed by atoms with van der Waals surface area (Å²) in [6.07, 6.45) is 0.714. The third-order valence-corrected chi connectivity index (χ3v) is 4.01. The van der Waals surface area contributed by atoms with Crippen molar-refractivity contribution in [2.75, 3.05) is 6.54 Å². The molecule has 0 saturated heterocycles. The lowest BCUT2D eigenvalue weighted by Crippen LogP contribution is -2.29. The molecule has 0 aliphatic carbocycles. The average Bonchev–Trinajstić information content (AvgIpc) is 2.61. The van der Waals surface area contributed by atoms with Gasteiger partial charge >= 0.3 is 0 Å². The van der Waals surface area contributed by atoms with Gasteiger partial charge in [0.2, 0.25) is 5.91 Å². The van der Waals surface area contributed by atoms with Crippen molar-refractivity contribution in [2.24, 2.45) is 7.05 Å². The second kappa shape index (κ2) is 7.25. The number of benzene rings is 2. The summed E-state index contributed by atoms with van der Waals surface area (Å²) in [4.78, 5) is 24.3. The fourth-order valence-corrected chi connectivity index (χ4v) is 2.72. The van der Waals surface area contributed by atoms with Gasteiger partial charge in [-0.1, -0.05) is 30.3 Å². The van der Waals surface area contributed by atoms with Gasteiger partial charge in [-0.25, -0.2) is 9.07 Å². The second-order valence-corrected chi connectivity index (χ2v) is 5.82. The first-order valence-corrected chi connectivity index (χ1v) is 8.00. The number of carbonyl (C=O) groups excluding carboxylic acids is 1. The maximum absolute atomic E-state index is 12.9. The van der Waals surface area contributed by atoms with Gasteiger partial charge in [-0.15, -0.1) is 0 Å². The van der Waals surface area contributed by atoms with Gasteiger partial charge in [0.1, 0.15) is 5.82 Å². The molecule has 0 saturated carbocycles. The molecule has 6 heteroatoms. The molecule has 1 amide bonds. The first-order chi connectivity index (χ1) is 12.0. The van der Waals surface area contributed by atoms with E-state index in [0.29, 0.717) is 29.4 Å². The molecule has 0 unspecified atom stereocenters. The molecule has 0 bridgehead atoms. The highest BCUT2D eigenvalue weighted by atomic mass is 19.1. The summed E-state index contributed by atoms with van der Waals surface area (Å²) in [5.41, 5.74) is 1.33. The molecule has 3 aromatic rings. The van der Waals surface area contributed by atoms with Crippen LogP contribution < -0.4 is 10.9 Å². The second-order valence-electron chi connectivity index (χ2n) is 5.82. The van der Waals surface area contributed by atoms with Gasteiger partial charge in [0.25, 0.3) is 5.56 Å². The number of amides is 1. The van der Waals surface area contributed by atoms with E-state index in [1.54, 1.807) is 37.4 Å². The minimum atomic E-state index is -0.277. The van der Waals surface area contributed by atoms with Crippen LogP contribution in [0.1, 0.15) is 11.3 Å². The number of nitrogens with zero attached hydrogens (tertiary/aromatic N) is 2. The third kappa shape index (κ3) is 3.91. The van der Waals surface area contributed by atoms with Crippen LogP contribution in [0, 0.1) is 5.82 Å². The van der Waals surface area contributed by atoms with Crippen LogP contribution >= 0.6 is 0 Å². The zero-order chi connectivity index (χ0) is 17.8. The molecular formula is C19H18FN3O2. The Labute approximate surface area is 144 Å². The van der Waals surface area contributed by atoms with Crippen molar-refractivity contribution in [3.05, 3.63) is 76.0 Å². The smallest absolute Gasteiger partial charge is 0.274 e. The number of nitrogens with one attached hydrogen (secondary N) is 1. The van der Waals surface area contributed by atoms with Crippen LogP contribution in [0.25, 0.3) is 10.8 Å². The minimum absolute atomic E-state index is 0.0953. The largest absolute Gasteiger partial charge is 0.355 e. The van der Waals surface area contributed by atoms with E-state index >= 15 is 0 Å². The molecule has 0 aliphatic rings. The summed E-state index contributed by atoms with van der Waals surface area (Å²) >= 11 is 0. The number of carbonyl (C=O) groups is 1. The number of hydrogen-bond donors (Lipinski definition) is 1. The minimum Gasteiger partial charge on any atom is -0.355 e. The topological polar surface area (TPSA) is 64.0 Å². The lowest BCUT2D eigenvalue weighted by molar-refractivity contribution is -0.120. The van der Waals surface area contributed by atoms with Crippen molar-refractivity contribution >= 4 is 16.7 Å². The van der Waals surface area contributed by atoms with Gasteiger partial charge in [-0.3, -0.25) is 9.59 Å². The van der Waals surface area contributed by atoms with E-state index in [1.807, 2.05) is 6.07 Å². The number of halogens is 1. The molecule has 0 radical (unpaired) electrons. The van der Waals surface area contributed by atoms with Crippen LogP contribution in [0.3, 0.4) is 0 Å². The molecule has 0 atom stereocenters. The molecule has 3 rings (SSSR count).